The van der Waals surface area contributed by atoms with Crippen molar-refractivity contribution in [2.75, 3.05) is 4.67 Å². The van der Waals surface area contributed by atoms with Crippen molar-refractivity contribution in [1.82, 2.24) is 0 Å². The number of carboxylic acid groups (broad SMARTS) is 1. The van der Waals surface area contributed by atoms with Gasteiger partial charge in [0.1, 0.15) is 6.04 Å². The molecule has 1 aromatic heterocycles. The summed E-state index contributed by atoms with van der Waals surface area (Å²) in [5.74, 6) is -1.53. The number of hydrogen-bond acceptors (Lipinski definition) is 3. The summed E-state index contributed by atoms with van der Waals surface area (Å²) in [4.78, 5) is 28.6. The lowest BCUT2D eigenvalue weighted by Gasteiger charge is -2.25. The molecule has 1 atom stereocenters. The number of rotatable bonds is 4. The van der Waals surface area contributed by atoms with Crippen LogP contribution < -0.4 is 4.67 Å². The molecule has 0 unspecified atom stereocenters. The van der Waals surface area contributed by atoms with Crippen LogP contribution in [0.25, 0.3) is 0 Å². The predicted molar refractivity (Wildman–Crippen MR) is 50.3 cm³/mol. The number of aliphatic carboxylic acids is 1. The quantitative estimate of drug-likeness (QED) is 0.657. The van der Waals surface area contributed by atoms with E-state index in [0.29, 0.717) is 4.67 Å². The highest BCUT2D eigenvalue weighted by Gasteiger charge is 2.36. The Bertz CT molecular complexity index is 382. The van der Waals surface area contributed by atoms with Gasteiger partial charge in [0.2, 0.25) is 5.88 Å². The molecule has 1 rings (SSSR count). The van der Waals surface area contributed by atoms with Crippen molar-refractivity contribution in [3.63, 3.8) is 0 Å². The van der Waals surface area contributed by atoms with E-state index in [0.717, 1.165) is 6.92 Å². The number of carbonyl (C=O) groups is 1. The number of furan rings is 1. The molecule has 0 aromatic carbocycles. The van der Waals surface area contributed by atoms with E-state index in [1.165, 1.54) is 18.4 Å². The highest BCUT2D eigenvalue weighted by Crippen LogP contribution is 2.45. The van der Waals surface area contributed by atoms with Crippen molar-refractivity contribution in [3.8, 4) is 0 Å². The highest BCUT2D eigenvalue weighted by atomic mass is 31.2. The summed E-state index contributed by atoms with van der Waals surface area (Å²) >= 11 is 0. The Hall–Kier alpha value is -1.30. The third-order valence-corrected chi connectivity index (χ3v) is 2.84. The van der Waals surface area contributed by atoms with Crippen LogP contribution in [-0.2, 0) is 9.36 Å². The Kier molecular flexibility index (Phi) is 3.18. The first-order chi connectivity index (χ1) is 6.84. The van der Waals surface area contributed by atoms with Crippen LogP contribution in [0.5, 0.6) is 0 Å². The molecule has 0 fully saturated rings. The Morgan fingerprint density at radius 1 is 1.60 bits per heavy atom. The maximum atomic E-state index is 11.1. The molecule has 0 spiro atoms. The lowest BCUT2D eigenvalue weighted by atomic mass is 10.3. The number of carboxylic acids is 1. The Morgan fingerprint density at radius 2 is 2.20 bits per heavy atom. The van der Waals surface area contributed by atoms with Gasteiger partial charge in [0.25, 0.3) is 0 Å². The molecule has 0 radical (unpaired) electrons. The summed E-state index contributed by atoms with van der Waals surface area (Å²) in [7, 11) is -4.72. The molecule has 0 saturated heterocycles. The van der Waals surface area contributed by atoms with Crippen LogP contribution >= 0.6 is 7.75 Å². The van der Waals surface area contributed by atoms with E-state index < -0.39 is 19.8 Å². The van der Waals surface area contributed by atoms with Gasteiger partial charge < -0.3 is 19.3 Å². The fourth-order valence-corrected chi connectivity index (χ4v) is 1.97. The molecule has 84 valence electrons. The lowest BCUT2D eigenvalue weighted by molar-refractivity contribution is -0.138. The minimum Gasteiger partial charge on any atom is -0.480 e. The summed E-state index contributed by atoms with van der Waals surface area (Å²) in [6.45, 7) is 1.16. The maximum Gasteiger partial charge on any atom is 0.433 e. The lowest BCUT2D eigenvalue weighted by Crippen LogP contribution is -2.36. The van der Waals surface area contributed by atoms with E-state index in [4.69, 9.17) is 19.3 Å². The fourth-order valence-electron chi connectivity index (χ4n) is 1.05. The molecular formula is C7H10NO6P. The van der Waals surface area contributed by atoms with E-state index in [1.54, 1.807) is 0 Å². The average molecular weight is 235 g/mol. The van der Waals surface area contributed by atoms with Crippen molar-refractivity contribution in [3.05, 3.63) is 18.4 Å². The zero-order valence-electron chi connectivity index (χ0n) is 7.77. The van der Waals surface area contributed by atoms with Gasteiger partial charge in [-0.05, 0) is 13.0 Å². The van der Waals surface area contributed by atoms with Crippen molar-refractivity contribution < 1.29 is 28.7 Å². The second-order valence-corrected chi connectivity index (χ2v) is 4.28. The monoisotopic (exact) mass is 235 g/mol. The van der Waals surface area contributed by atoms with Gasteiger partial charge in [-0.2, -0.15) is 0 Å². The topological polar surface area (TPSA) is 111 Å². The SMILES string of the molecule is C[C@@H](C(=O)O)N(c1ccco1)P(=O)(O)O. The molecule has 8 heteroatoms. The largest absolute Gasteiger partial charge is 0.480 e. The van der Waals surface area contributed by atoms with E-state index in [9.17, 15) is 9.36 Å². The third kappa shape index (κ3) is 2.59. The van der Waals surface area contributed by atoms with Crippen LogP contribution in [0.15, 0.2) is 22.8 Å². The molecule has 0 aliphatic rings. The van der Waals surface area contributed by atoms with Crippen LogP contribution in [0.1, 0.15) is 6.92 Å². The van der Waals surface area contributed by atoms with Gasteiger partial charge in [0.05, 0.1) is 6.26 Å². The third-order valence-electron chi connectivity index (χ3n) is 1.74. The summed E-state index contributed by atoms with van der Waals surface area (Å²) in [6, 6.07) is 1.31. The Balaban J connectivity index is 3.11. The maximum absolute atomic E-state index is 11.1. The van der Waals surface area contributed by atoms with Crippen LogP contribution in [0.2, 0.25) is 0 Å². The standard InChI is InChI=1S/C7H10NO6P/c1-5(7(9)10)8(15(11,12)13)6-3-2-4-14-6/h2-5H,1H3,(H,9,10)(H2,11,12,13)/t5-/m0/s1. The van der Waals surface area contributed by atoms with Gasteiger partial charge in [0.15, 0.2) is 0 Å². The van der Waals surface area contributed by atoms with Crippen LogP contribution in [0, 0.1) is 0 Å². The van der Waals surface area contributed by atoms with Crippen molar-refractivity contribution in [2.24, 2.45) is 0 Å². The normalized spacial score (nSPS) is 13.5. The molecule has 7 nitrogen and oxygen atoms in total. The molecule has 0 aliphatic carbocycles. The molecule has 1 heterocycles. The molecule has 0 bridgehead atoms. The summed E-state index contributed by atoms with van der Waals surface area (Å²) in [6.07, 6.45) is 1.20. The van der Waals surface area contributed by atoms with E-state index >= 15 is 0 Å². The zero-order valence-corrected chi connectivity index (χ0v) is 8.66. The van der Waals surface area contributed by atoms with Crippen molar-refractivity contribution in [1.29, 1.82) is 0 Å². The first-order valence-corrected chi connectivity index (χ1v) is 5.52. The number of anilines is 1. The van der Waals surface area contributed by atoms with E-state index in [-0.39, 0.29) is 5.88 Å². The Labute approximate surface area is 85.1 Å². The summed E-state index contributed by atoms with van der Waals surface area (Å²) in [5.41, 5.74) is 0. The average Bonchev–Trinajstić information content (AvgIpc) is 2.54. The van der Waals surface area contributed by atoms with E-state index in [2.05, 4.69) is 0 Å². The molecule has 3 N–H and O–H groups in total. The number of nitrogens with zero attached hydrogens (tertiary/aromatic N) is 1. The molecule has 0 saturated carbocycles. The zero-order chi connectivity index (χ0) is 11.6. The second-order valence-electron chi connectivity index (χ2n) is 2.82. The Morgan fingerprint density at radius 3 is 2.53 bits per heavy atom. The minimum atomic E-state index is -4.72. The molecule has 0 aliphatic heterocycles. The minimum absolute atomic E-state index is 0.182. The number of hydrogen-bond donors (Lipinski definition) is 3. The van der Waals surface area contributed by atoms with Gasteiger partial charge in [0, 0.05) is 6.07 Å². The first kappa shape index (κ1) is 11.8. The van der Waals surface area contributed by atoms with Crippen LogP contribution in [0.3, 0.4) is 0 Å². The fraction of sp³-hybridized carbons (Fsp3) is 0.286. The van der Waals surface area contributed by atoms with Gasteiger partial charge in [-0.25, -0.2) is 14.0 Å². The van der Waals surface area contributed by atoms with Crippen molar-refractivity contribution >= 4 is 19.6 Å². The molecule has 1 aromatic rings. The summed E-state index contributed by atoms with van der Waals surface area (Å²) < 4.78 is 16.2. The second kappa shape index (κ2) is 4.06. The van der Waals surface area contributed by atoms with Gasteiger partial charge >= 0.3 is 13.7 Å². The molecular weight excluding hydrogens is 225 g/mol. The van der Waals surface area contributed by atoms with E-state index in [1.807, 2.05) is 0 Å². The highest BCUT2D eigenvalue weighted by molar-refractivity contribution is 7.53. The van der Waals surface area contributed by atoms with Crippen LogP contribution in [0.4, 0.5) is 5.88 Å². The first-order valence-electron chi connectivity index (χ1n) is 3.95. The predicted octanol–water partition coefficient (Wildman–Crippen LogP) is 0.652. The van der Waals surface area contributed by atoms with Gasteiger partial charge in [-0.15, -0.1) is 0 Å². The summed E-state index contributed by atoms with van der Waals surface area (Å²) in [5, 5.41) is 8.69. The molecule has 15 heavy (non-hydrogen) atoms. The van der Waals surface area contributed by atoms with Gasteiger partial charge in [-0.1, -0.05) is 0 Å². The van der Waals surface area contributed by atoms with Gasteiger partial charge in [-0.3, -0.25) is 0 Å². The van der Waals surface area contributed by atoms with Crippen LogP contribution in [-0.4, -0.2) is 26.9 Å². The smallest absolute Gasteiger partial charge is 0.433 e. The molecule has 0 amide bonds. The van der Waals surface area contributed by atoms with Crippen molar-refractivity contribution in [2.45, 2.75) is 13.0 Å².